The van der Waals surface area contributed by atoms with Crippen LogP contribution in [0, 0.1) is 6.92 Å². The molecule has 0 radical (unpaired) electrons. The van der Waals surface area contributed by atoms with Crippen molar-refractivity contribution in [3.63, 3.8) is 0 Å². The smallest absolute Gasteiger partial charge is 0.227 e. The van der Waals surface area contributed by atoms with Crippen molar-refractivity contribution in [1.29, 1.82) is 0 Å². The van der Waals surface area contributed by atoms with Gasteiger partial charge in [0.05, 0.1) is 6.42 Å². The molecule has 7 heteroatoms. The van der Waals surface area contributed by atoms with E-state index >= 15 is 0 Å². The van der Waals surface area contributed by atoms with E-state index in [4.69, 9.17) is 0 Å². The van der Waals surface area contributed by atoms with Gasteiger partial charge in [0.1, 0.15) is 10.7 Å². The van der Waals surface area contributed by atoms with Crippen molar-refractivity contribution in [3.8, 4) is 0 Å². The Morgan fingerprint density at radius 3 is 2.42 bits per heavy atom. The first kappa shape index (κ1) is 18.4. The van der Waals surface area contributed by atoms with Crippen LogP contribution >= 0.6 is 0 Å². The topological polar surface area (TPSA) is 70.6 Å². The van der Waals surface area contributed by atoms with Crippen LogP contribution in [-0.4, -0.2) is 56.6 Å². The van der Waals surface area contributed by atoms with Crippen LogP contribution in [0.2, 0.25) is 0 Å². The molecule has 2 heterocycles. The fraction of sp³-hybridized carbons (Fsp3) is 0.368. The van der Waals surface area contributed by atoms with Gasteiger partial charge in [-0.3, -0.25) is 4.79 Å². The zero-order valence-electron chi connectivity index (χ0n) is 15.1. The molecule has 3 rings (SSSR count). The van der Waals surface area contributed by atoms with E-state index in [-0.39, 0.29) is 10.8 Å². The van der Waals surface area contributed by atoms with Gasteiger partial charge in [-0.15, -0.1) is 0 Å². The number of nitrogens with zero attached hydrogens (tertiary/aromatic N) is 3. The quantitative estimate of drug-likeness (QED) is 0.816. The third kappa shape index (κ3) is 4.04. The van der Waals surface area contributed by atoms with E-state index in [0.717, 1.165) is 11.1 Å². The molecule has 2 aromatic rings. The lowest BCUT2D eigenvalue weighted by atomic mass is 10.1. The van der Waals surface area contributed by atoms with Gasteiger partial charge in [0.15, 0.2) is 9.84 Å². The Labute approximate surface area is 154 Å². The van der Waals surface area contributed by atoms with E-state index in [0.29, 0.717) is 38.4 Å². The summed E-state index contributed by atoms with van der Waals surface area (Å²) in [5.74, 6) is 0.573. The highest BCUT2D eigenvalue weighted by Gasteiger charge is 2.25. The lowest BCUT2D eigenvalue weighted by Gasteiger charge is -2.36. The number of carbonyl (C=O) groups is 1. The van der Waals surface area contributed by atoms with Crippen LogP contribution in [-0.2, 0) is 21.1 Å². The standard InChI is InChI=1S/C19H23N3O3S/c1-15-6-3-4-7-16(15)14-18(23)21-10-12-22(13-11-21)19-17(26(2,24)25)8-5-9-20-19/h3-9H,10-14H2,1-2H3. The monoisotopic (exact) mass is 373 g/mol. The summed E-state index contributed by atoms with van der Waals surface area (Å²) >= 11 is 0. The number of sulfone groups is 1. The van der Waals surface area contributed by atoms with Gasteiger partial charge in [0, 0.05) is 38.6 Å². The molecule has 1 fully saturated rings. The van der Waals surface area contributed by atoms with Crippen molar-refractivity contribution in [2.75, 3.05) is 37.3 Å². The Balaban J connectivity index is 1.67. The maximum Gasteiger partial charge on any atom is 0.227 e. The number of hydrogen-bond donors (Lipinski definition) is 0. The Kier molecular flexibility index (Phi) is 5.27. The summed E-state index contributed by atoms with van der Waals surface area (Å²) in [7, 11) is -3.34. The second kappa shape index (κ2) is 7.45. The van der Waals surface area contributed by atoms with Gasteiger partial charge in [-0.1, -0.05) is 24.3 Å². The first-order chi connectivity index (χ1) is 12.4. The third-order valence-electron chi connectivity index (χ3n) is 4.69. The number of rotatable bonds is 4. The minimum absolute atomic E-state index is 0.100. The van der Waals surface area contributed by atoms with Crippen molar-refractivity contribution >= 4 is 21.6 Å². The Morgan fingerprint density at radius 1 is 1.08 bits per heavy atom. The molecule has 0 spiro atoms. The lowest BCUT2D eigenvalue weighted by molar-refractivity contribution is -0.130. The second-order valence-corrected chi connectivity index (χ2v) is 8.55. The molecular formula is C19H23N3O3S. The first-order valence-corrected chi connectivity index (χ1v) is 10.5. The average molecular weight is 373 g/mol. The molecule has 26 heavy (non-hydrogen) atoms. The molecule has 1 aromatic carbocycles. The molecule has 0 bridgehead atoms. The molecule has 1 aromatic heterocycles. The Bertz CT molecular complexity index is 904. The summed E-state index contributed by atoms with van der Waals surface area (Å²) in [6.45, 7) is 4.27. The molecule has 1 saturated heterocycles. The van der Waals surface area contributed by atoms with Crippen molar-refractivity contribution < 1.29 is 13.2 Å². The van der Waals surface area contributed by atoms with Gasteiger partial charge in [0.25, 0.3) is 0 Å². The minimum Gasteiger partial charge on any atom is -0.352 e. The van der Waals surface area contributed by atoms with Crippen molar-refractivity contribution in [2.24, 2.45) is 0 Å². The maximum atomic E-state index is 12.6. The van der Waals surface area contributed by atoms with Crippen LogP contribution in [0.4, 0.5) is 5.82 Å². The fourth-order valence-corrected chi connectivity index (χ4v) is 4.00. The number of anilines is 1. The summed E-state index contributed by atoms with van der Waals surface area (Å²) in [6, 6.07) is 11.1. The summed E-state index contributed by atoms with van der Waals surface area (Å²) in [6.07, 6.45) is 3.18. The molecule has 1 aliphatic rings. The molecule has 138 valence electrons. The fourth-order valence-electron chi connectivity index (χ4n) is 3.16. The summed E-state index contributed by atoms with van der Waals surface area (Å²) in [5, 5.41) is 0. The van der Waals surface area contributed by atoms with Gasteiger partial charge >= 0.3 is 0 Å². The summed E-state index contributed by atoms with van der Waals surface area (Å²) < 4.78 is 23.9. The van der Waals surface area contributed by atoms with E-state index in [9.17, 15) is 13.2 Å². The van der Waals surface area contributed by atoms with Crippen LogP contribution in [0.15, 0.2) is 47.5 Å². The molecule has 0 atom stereocenters. The number of piperazine rings is 1. The van der Waals surface area contributed by atoms with E-state index in [2.05, 4.69) is 4.98 Å². The van der Waals surface area contributed by atoms with Gasteiger partial charge in [-0.2, -0.15) is 0 Å². The molecule has 1 aliphatic heterocycles. The highest BCUT2D eigenvalue weighted by atomic mass is 32.2. The van der Waals surface area contributed by atoms with E-state index in [1.165, 1.54) is 6.26 Å². The average Bonchev–Trinajstić information content (AvgIpc) is 2.63. The molecule has 0 N–H and O–H groups in total. The summed E-state index contributed by atoms with van der Waals surface area (Å²) in [4.78, 5) is 20.9. The largest absolute Gasteiger partial charge is 0.352 e. The molecule has 0 unspecified atom stereocenters. The highest BCUT2D eigenvalue weighted by molar-refractivity contribution is 7.90. The van der Waals surface area contributed by atoms with Crippen LogP contribution in [0.5, 0.6) is 0 Å². The van der Waals surface area contributed by atoms with Crippen molar-refractivity contribution in [3.05, 3.63) is 53.7 Å². The first-order valence-electron chi connectivity index (χ1n) is 8.58. The Morgan fingerprint density at radius 2 is 1.77 bits per heavy atom. The SMILES string of the molecule is Cc1ccccc1CC(=O)N1CCN(c2ncccc2S(C)(=O)=O)CC1. The van der Waals surface area contributed by atoms with Crippen LogP contribution < -0.4 is 4.90 Å². The van der Waals surface area contributed by atoms with Crippen LogP contribution in [0.1, 0.15) is 11.1 Å². The number of carbonyl (C=O) groups excluding carboxylic acids is 1. The van der Waals surface area contributed by atoms with Gasteiger partial charge < -0.3 is 9.80 Å². The van der Waals surface area contributed by atoms with Gasteiger partial charge in [-0.25, -0.2) is 13.4 Å². The van der Waals surface area contributed by atoms with Gasteiger partial charge in [0.2, 0.25) is 5.91 Å². The number of aromatic nitrogens is 1. The summed E-state index contributed by atoms with van der Waals surface area (Å²) in [5.41, 5.74) is 2.16. The van der Waals surface area contributed by atoms with Crippen molar-refractivity contribution in [1.82, 2.24) is 9.88 Å². The van der Waals surface area contributed by atoms with Crippen LogP contribution in [0.25, 0.3) is 0 Å². The van der Waals surface area contributed by atoms with E-state index < -0.39 is 9.84 Å². The number of benzene rings is 1. The zero-order chi connectivity index (χ0) is 18.7. The van der Waals surface area contributed by atoms with E-state index in [1.807, 2.05) is 41.0 Å². The molecule has 0 aliphatic carbocycles. The molecule has 1 amide bonds. The highest BCUT2D eigenvalue weighted by Crippen LogP contribution is 2.23. The minimum atomic E-state index is -3.34. The van der Waals surface area contributed by atoms with Gasteiger partial charge in [-0.05, 0) is 30.2 Å². The predicted octanol–water partition coefficient (Wildman–Crippen LogP) is 1.68. The lowest BCUT2D eigenvalue weighted by Crippen LogP contribution is -2.49. The van der Waals surface area contributed by atoms with Crippen LogP contribution in [0.3, 0.4) is 0 Å². The molecule has 0 saturated carbocycles. The number of amides is 1. The molecular weight excluding hydrogens is 350 g/mol. The molecule has 6 nitrogen and oxygen atoms in total. The second-order valence-electron chi connectivity index (χ2n) is 6.57. The van der Waals surface area contributed by atoms with Crippen molar-refractivity contribution in [2.45, 2.75) is 18.2 Å². The zero-order valence-corrected chi connectivity index (χ0v) is 15.9. The Hall–Kier alpha value is -2.41. The number of aryl methyl sites for hydroxylation is 1. The number of pyridine rings is 1. The van der Waals surface area contributed by atoms with E-state index in [1.54, 1.807) is 18.3 Å². The predicted molar refractivity (Wildman–Crippen MR) is 101 cm³/mol. The maximum absolute atomic E-state index is 12.6. The normalized spacial score (nSPS) is 15.2. The third-order valence-corrected chi connectivity index (χ3v) is 5.80. The number of hydrogen-bond acceptors (Lipinski definition) is 5.